The van der Waals surface area contributed by atoms with Crippen LogP contribution in [-0.4, -0.2) is 66.3 Å². The molecule has 2 amide bonds. The standard InChI is InChI=1S/C34H35FN4O9S/c1-33(2,3)47-32(42)36-26-19-49(43,44)28-17-25(35)24(29-37-31(48-38-29)34(20-40)14-7-15-45-34)16-27(28)39(30(26)41)18-21-10-12-23(13-11-21)46-22-8-5-4-6-9-22/h4-6,8-13,16-17,26,40H,7,14-15,18-20H2,1-3H3,(H,36,42)/t26-,34?/m0/s1. The van der Waals surface area contributed by atoms with Crippen molar-refractivity contribution in [3.8, 4) is 22.9 Å². The Balaban J connectivity index is 1.39. The molecule has 1 unspecified atom stereocenters. The van der Waals surface area contributed by atoms with Gasteiger partial charge in [-0.05, 0) is 75.6 Å². The van der Waals surface area contributed by atoms with E-state index in [1.807, 2.05) is 18.2 Å². The largest absolute Gasteiger partial charge is 0.457 e. The number of nitrogens with one attached hydrogen (secondary N) is 1. The van der Waals surface area contributed by atoms with Crippen molar-refractivity contribution in [1.29, 1.82) is 0 Å². The smallest absolute Gasteiger partial charge is 0.408 e. The van der Waals surface area contributed by atoms with Crippen LogP contribution in [0.25, 0.3) is 11.4 Å². The Morgan fingerprint density at radius 3 is 2.49 bits per heavy atom. The number of para-hydroxylation sites is 1. The van der Waals surface area contributed by atoms with Gasteiger partial charge in [-0.3, -0.25) is 4.79 Å². The average molecular weight is 695 g/mol. The van der Waals surface area contributed by atoms with Gasteiger partial charge in [0.15, 0.2) is 15.4 Å². The first-order chi connectivity index (χ1) is 23.3. The molecule has 0 aliphatic carbocycles. The number of hydrogen-bond acceptors (Lipinski definition) is 11. The molecular weight excluding hydrogens is 659 g/mol. The van der Waals surface area contributed by atoms with Crippen molar-refractivity contribution in [1.82, 2.24) is 15.5 Å². The van der Waals surface area contributed by atoms with E-state index < -0.39 is 62.2 Å². The van der Waals surface area contributed by atoms with Crippen LogP contribution in [0.1, 0.15) is 45.1 Å². The van der Waals surface area contributed by atoms with Gasteiger partial charge < -0.3 is 34.1 Å². The van der Waals surface area contributed by atoms with Crippen molar-refractivity contribution >= 4 is 27.5 Å². The number of benzene rings is 3. The van der Waals surface area contributed by atoms with Gasteiger partial charge in [0.1, 0.15) is 29.0 Å². The second kappa shape index (κ2) is 13.2. The Bertz CT molecular complexity index is 1960. The fourth-order valence-electron chi connectivity index (χ4n) is 5.63. The highest BCUT2D eigenvalue weighted by Gasteiger charge is 2.43. The van der Waals surface area contributed by atoms with Gasteiger partial charge in [-0.2, -0.15) is 4.98 Å². The van der Waals surface area contributed by atoms with Crippen molar-refractivity contribution in [3.05, 3.63) is 84.0 Å². The molecule has 0 spiro atoms. The first kappa shape index (κ1) is 34.0. The lowest BCUT2D eigenvalue weighted by molar-refractivity contribution is -0.120. The number of rotatable bonds is 8. The van der Waals surface area contributed by atoms with E-state index >= 15 is 4.39 Å². The fourth-order valence-corrected chi connectivity index (χ4v) is 7.24. The number of amides is 2. The van der Waals surface area contributed by atoms with E-state index in [1.165, 1.54) is 6.07 Å². The number of nitrogens with zero attached hydrogens (tertiary/aromatic N) is 3. The van der Waals surface area contributed by atoms with Gasteiger partial charge in [-0.25, -0.2) is 17.6 Å². The molecule has 1 saturated heterocycles. The molecule has 4 aromatic rings. The molecule has 0 saturated carbocycles. The van der Waals surface area contributed by atoms with Crippen LogP contribution in [0.2, 0.25) is 0 Å². The van der Waals surface area contributed by atoms with Gasteiger partial charge in [-0.1, -0.05) is 35.5 Å². The summed E-state index contributed by atoms with van der Waals surface area (Å²) in [6.45, 7) is 4.63. The summed E-state index contributed by atoms with van der Waals surface area (Å²) in [4.78, 5) is 31.9. The molecule has 6 rings (SSSR count). The third kappa shape index (κ3) is 7.28. The van der Waals surface area contributed by atoms with Gasteiger partial charge in [0.25, 0.3) is 11.8 Å². The van der Waals surface area contributed by atoms with Crippen LogP contribution in [0.3, 0.4) is 0 Å². The number of ether oxygens (including phenoxy) is 3. The highest BCUT2D eigenvalue weighted by molar-refractivity contribution is 7.91. The summed E-state index contributed by atoms with van der Waals surface area (Å²) in [5.41, 5.74) is -2.00. The van der Waals surface area contributed by atoms with Crippen molar-refractivity contribution < 1.29 is 46.2 Å². The number of fused-ring (bicyclic) bond motifs is 1. The number of aliphatic hydroxyl groups excluding tert-OH is 1. The fraction of sp³-hybridized carbons (Fsp3) is 0.353. The molecule has 0 radical (unpaired) electrons. The topological polar surface area (TPSA) is 170 Å². The maximum atomic E-state index is 15.8. The van der Waals surface area contributed by atoms with Crippen molar-refractivity contribution in [2.75, 3.05) is 23.9 Å². The Kier molecular flexibility index (Phi) is 9.17. The van der Waals surface area contributed by atoms with Crippen molar-refractivity contribution in [2.24, 2.45) is 0 Å². The number of anilines is 1. The number of aromatic nitrogens is 2. The number of halogens is 1. The molecule has 2 N–H and O–H groups in total. The molecule has 2 aliphatic heterocycles. The molecular formula is C34H35FN4O9S. The minimum Gasteiger partial charge on any atom is -0.457 e. The van der Waals surface area contributed by atoms with Crippen LogP contribution in [0, 0.1) is 5.82 Å². The van der Waals surface area contributed by atoms with Gasteiger partial charge in [-0.15, -0.1) is 0 Å². The zero-order valence-corrected chi connectivity index (χ0v) is 27.8. The van der Waals surface area contributed by atoms with E-state index in [2.05, 4.69) is 15.5 Å². The van der Waals surface area contributed by atoms with Gasteiger partial charge in [0.2, 0.25) is 5.82 Å². The molecule has 0 bridgehead atoms. The van der Waals surface area contributed by atoms with Crippen LogP contribution in [0.4, 0.5) is 14.9 Å². The summed E-state index contributed by atoms with van der Waals surface area (Å²) in [6.07, 6.45) is 0.0464. The monoisotopic (exact) mass is 694 g/mol. The van der Waals surface area contributed by atoms with Crippen molar-refractivity contribution in [3.63, 3.8) is 0 Å². The van der Waals surface area contributed by atoms with E-state index in [1.54, 1.807) is 57.2 Å². The van der Waals surface area contributed by atoms with E-state index in [-0.39, 0.29) is 29.5 Å². The van der Waals surface area contributed by atoms with Gasteiger partial charge in [0.05, 0.1) is 35.1 Å². The lowest BCUT2D eigenvalue weighted by atomic mass is 10.0. The lowest BCUT2D eigenvalue weighted by Gasteiger charge is -2.27. The predicted octanol–water partition coefficient (Wildman–Crippen LogP) is 4.88. The van der Waals surface area contributed by atoms with E-state index in [0.717, 1.165) is 11.0 Å². The highest BCUT2D eigenvalue weighted by atomic mass is 32.2. The first-order valence-corrected chi connectivity index (χ1v) is 17.2. The summed E-state index contributed by atoms with van der Waals surface area (Å²) in [5.74, 6) is -1.77. The van der Waals surface area contributed by atoms with Crippen LogP contribution in [-0.2, 0) is 36.3 Å². The van der Waals surface area contributed by atoms with Crippen LogP contribution in [0.5, 0.6) is 11.5 Å². The summed E-state index contributed by atoms with van der Waals surface area (Å²) in [7, 11) is -4.37. The zero-order chi connectivity index (χ0) is 35.0. The average Bonchev–Trinajstić information content (AvgIpc) is 3.73. The molecule has 13 nitrogen and oxygen atoms in total. The lowest BCUT2D eigenvalue weighted by Crippen LogP contribution is -2.51. The summed E-state index contributed by atoms with van der Waals surface area (Å²) >= 11 is 0. The third-order valence-corrected chi connectivity index (χ3v) is 9.74. The molecule has 1 fully saturated rings. The summed E-state index contributed by atoms with van der Waals surface area (Å²) in [5, 5.41) is 16.3. The minimum atomic E-state index is -4.37. The number of carbonyl (C=O) groups is 2. The summed E-state index contributed by atoms with van der Waals surface area (Å²) < 4.78 is 65.5. The second-order valence-corrected chi connectivity index (χ2v) is 14.8. The van der Waals surface area contributed by atoms with Crippen molar-refractivity contribution in [2.45, 2.75) is 62.3 Å². The Labute approximate surface area is 281 Å². The maximum Gasteiger partial charge on any atom is 0.408 e. The number of sulfone groups is 1. The molecule has 1 aromatic heterocycles. The quantitative estimate of drug-likeness (QED) is 0.258. The number of alkyl carbamates (subject to hydrolysis) is 1. The van der Waals surface area contributed by atoms with Gasteiger partial charge in [0, 0.05) is 6.61 Å². The molecule has 2 aliphatic rings. The zero-order valence-electron chi connectivity index (χ0n) is 27.0. The predicted molar refractivity (Wildman–Crippen MR) is 173 cm³/mol. The number of carbonyl (C=O) groups excluding carboxylic acids is 2. The molecule has 2 atom stereocenters. The number of hydrogen-bond donors (Lipinski definition) is 2. The van der Waals surface area contributed by atoms with E-state index in [9.17, 15) is 23.1 Å². The normalized spacial score (nSPS) is 20.4. The number of aliphatic hydroxyl groups is 1. The molecule has 49 heavy (non-hydrogen) atoms. The minimum absolute atomic E-state index is 0.0585. The highest BCUT2D eigenvalue weighted by Crippen LogP contribution is 2.39. The Morgan fingerprint density at radius 1 is 1.12 bits per heavy atom. The van der Waals surface area contributed by atoms with Crippen LogP contribution in [0.15, 0.2) is 76.1 Å². The maximum absolute atomic E-state index is 15.8. The van der Waals surface area contributed by atoms with E-state index in [4.69, 9.17) is 18.7 Å². The second-order valence-electron chi connectivity index (χ2n) is 12.8. The summed E-state index contributed by atoms with van der Waals surface area (Å²) in [6, 6.07) is 16.3. The SMILES string of the molecule is CC(C)(C)OC(=O)N[C@H]1CS(=O)(=O)c2cc(F)c(-c3noc(C4(CO)CCCO4)n3)cc2N(Cc2ccc(Oc3ccccc3)cc2)C1=O. The Hall–Kier alpha value is -4.86. The van der Waals surface area contributed by atoms with Crippen LogP contribution >= 0.6 is 0 Å². The van der Waals surface area contributed by atoms with E-state index in [0.29, 0.717) is 36.5 Å². The molecule has 258 valence electrons. The van der Waals surface area contributed by atoms with Crippen LogP contribution < -0.4 is 15.0 Å². The Morgan fingerprint density at radius 2 is 1.84 bits per heavy atom. The molecule has 3 heterocycles. The third-order valence-electron chi connectivity index (χ3n) is 7.97. The van der Waals surface area contributed by atoms with Gasteiger partial charge >= 0.3 is 6.09 Å². The molecule has 3 aromatic carbocycles. The first-order valence-electron chi connectivity index (χ1n) is 15.6. The molecule has 15 heteroatoms.